The number of carbonyl (C=O) groups is 2. The van der Waals surface area contributed by atoms with Crippen LogP contribution in [0.1, 0.15) is 168 Å². The summed E-state index contributed by atoms with van der Waals surface area (Å²) in [5.41, 5.74) is 0. The van der Waals surface area contributed by atoms with E-state index in [9.17, 15) is 24.2 Å². The van der Waals surface area contributed by atoms with Gasteiger partial charge >= 0.3 is 19.8 Å². The summed E-state index contributed by atoms with van der Waals surface area (Å²) in [4.78, 5) is 34.9. The van der Waals surface area contributed by atoms with Gasteiger partial charge in [0.25, 0.3) is 0 Å². The van der Waals surface area contributed by atoms with Crippen LogP contribution in [0.15, 0.2) is 72.9 Å². The summed E-state index contributed by atoms with van der Waals surface area (Å²) in [6.07, 6.45) is 47.5. The number of aliphatic hydroxyl groups is 2. The fourth-order valence-electron chi connectivity index (χ4n) is 5.51. The molecule has 0 rings (SSSR count). The number of esters is 2. The average molecular weight is 823 g/mol. The van der Waals surface area contributed by atoms with E-state index in [2.05, 4.69) is 79.1 Å². The van der Waals surface area contributed by atoms with Gasteiger partial charge < -0.3 is 24.6 Å². The molecule has 0 saturated carbocycles. The van der Waals surface area contributed by atoms with E-state index in [0.717, 1.165) is 57.8 Å². The number of rotatable bonds is 40. The van der Waals surface area contributed by atoms with Gasteiger partial charge in [0.15, 0.2) is 6.10 Å². The van der Waals surface area contributed by atoms with Gasteiger partial charge in [-0.1, -0.05) is 157 Å². The van der Waals surface area contributed by atoms with Crippen molar-refractivity contribution in [1.82, 2.24) is 0 Å². The number of allylic oxidation sites excluding steroid dienone is 12. The summed E-state index contributed by atoms with van der Waals surface area (Å²) in [5.74, 6) is -1.03. The zero-order chi connectivity index (χ0) is 41.9. The molecule has 3 unspecified atom stereocenters. The second kappa shape index (κ2) is 41.6. The van der Waals surface area contributed by atoms with Gasteiger partial charge in [-0.15, -0.1) is 0 Å². The molecule has 0 aromatic heterocycles. The largest absolute Gasteiger partial charge is 0.472 e. The molecule has 0 aromatic rings. The summed E-state index contributed by atoms with van der Waals surface area (Å²) in [7, 11) is -4.64. The Morgan fingerprint density at radius 1 is 0.544 bits per heavy atom. The predicted molar refractivity (Wildman–Crippen MR) is 233 cm³/mol. The zero-order valence-corrected chi connectivity index (χ0v) is 36.4. The van der Waals surface area contributed by atoms with Crippen molar-refractivity contribution in [3.63, 3.8) is 0 Å². The van der Waals surface area contributed by atoms with Crippen LogP contribution in [-0.4, -0.2) is 65.7 Å². The first-order valence-electron chi connectivity index (χ1n) is 21.9. The molecule has 0 heterocycles. The lowest BCUT2D eigenvalue weighted by atomic mass is 10.1. The number of phosphoric acid groups is 1. The molecule has 0 aromatic carbocycles. The van der Waals surface area contributed by atoms with E-state index in [1.807, 2.05) is 12.2 Å². The van der Waals surface area contributed by atoms with Crippen LogP contribution in [0.25, 0.3) is 0 Å². The topological polar surface area (TPSA) is 149 Å². The summed E-state index contributed by atoms with van der Waals surface area (Å²) in [6, 6.07) is 0. The molecule has 57 heavy (non-hydrogen) atoms. The summed E-state index contributed by atoms with van der Waals surface area (Å²) in [6.45, 7) is 2.15. The Morgan fingerprint density at radius 3 is 1.53 bits per heavy atom. The Balaban J connectivity index is 4.32. The molecule has 3 atom stereocenters. The molecule has 0 radical (unpaired) electrons. The van der Waals surface area contributed by atoms with Crippen LogP contribution in [-0.2, 0) is 32.7 Å². The van der Waals surface area contributed by atoms with Crippen molar-refractivity contribution in [3.8, 4) is 0 Å². The first-order valence-corrected chi connectivity index (χ1v) is 23.4. The van der Waals surface area contributed by atoms with Crippen LogP contribution in [0.3, 0.4) is 0 Å². The lowest BCUT2D eigenvalue weighted by Gasteiger charge is -2.20. The number of ether oxygens (including phenoxy) is 2. The first-order chi connectivity index (χ1) is 27.7. The number of hydrogen-bond acceptors (Lipinski definition) is 9. The molecule has 0 saturated heterocycles. The van der Waals surface area contributed by atoms with Gasteiger partial charge in [0.05, 0.1) is 19.8 Å². The van der Waals surface area contributed by atoms with Crippen molar-refractivity contribution in [1.29, 1.82) is 0 Å². The maximum absolute atomic E-state index is 12.5. The Bertz CT molecular complexity index is 1180. The van der Waals surface area contributed by atoms with Gasteiger partial charge in [-0.2, -0.15) is 0 Å². The Kier molecular flexibility index (Phi) is 39.7. The number of hydrogen-bond donors (Lipinski definition) is 3. The van der Waals surface area contributed by atoms with Gasteiger partial charge in [-0.25, -0.2) is 4.57 Å². The lowest BCUT2D eigenvalue weighted by Crippen LogP contribution is -2.29. The third-order valence-corrected chi connectivity index (χ3v) is 9.81. The highest BCUT2D eigenvalue weighted by Gasteiger charge is 2.27. The molecule has 3 N–H and O–H groups in total. The van der Waals surface area contributed by atoms with Crippen molar-refractivity contribution in [2.45, 2.75) is 180 Å². The van der Waals surface area contributed by atoms with Crippen molar-refractivity contribution < 1.29 is 47.8 Å². The van der Waals surface area contributed by atoms with E-state index in [1.165, 1.54) is 70.6 Å². The molecule has 0 aliphatic rings. The monoisotopic (exact) mass is 823 g/mol. The van der Waals surface area contributed by atoms with E-state index in [-0.39, 0.29) is 19.4 Å². The molecule has 328 valence electrons. The molecule has 0 fully saturated rings. The summed E-state index contributed by atoms with van der Waals surface area (Å²) < 4.78 is 32.6. The van der Waals surface area contributed by atoms with Crippen molar-refractivity contribution >= 4 is 19.8 Å². The molecule has 0 spiro atoms. The maximum Gasteiger partial charge on any atom is 0.472 e. The zero-order valence-electron chi connectivity index (χ0n) is 35.5. The van der Waals surface area contributed by atoms with Crippen molar-refractivity contribution in [2.75, 3.05) is 26.4 Å². The van der Waals surface area contributed by atoms with Crippen LogP contribution in [0.4, 0.5) is 0 Å². The molecule has 0 amide bonds. The third kappa shape index (κ3) is 41.4. The number of carbonyl (C=O) groups excluding carboxylic acids is 2. The predicted octanol–water partition coefficient (Wildman–Crippen LogP) is 11.7. The van der Waals surface area contributed by atoms with E-state index in [1.54, 1.807) is 0 Å². The van der Waals surface area contributed by atoms with Gasteiger partial charge in [0, 0.05) is 12.8 Å². The minimum absolute atomic E-state index is 0.0590. The minimum Gasteiger partial charge on any atom is -0.462 e. The highest BCUT2D eigenvalue weighted by molar-refractivity contribution is 7.47. The van der Waals surface area contributed by atoms with E-state index in [0.29, 0.717) is 12.8 Å². The van der Waals surface area contributed by atoms with Crippen LogP contribution >= 0.6 is 7.82 Å². The fourth-order valence-corrected chi connectivity index (χ4v) is 6.30. The van der Waals surface area contributed by atoms with Gasteiger partial charge in [0.1, 0.15) is 12.7 Å². The molecule has 0 aliphatic heterocycles. The highest BCUT2D eigenvalue weighted by Crippen LogP contribution is 2.43. The van der Waals surface area contributed by atoms with E-state index < -0.39 is 51.8 Å². The summed E-state index contributed by atoms with van der Waals surface area (Å²) in [5, 5.41) is 18.3. The first kappa shape index (κ1) is 54.4. The second-order valence-corrected chi connectivity index (χ2v) is 15.8. The van der Waals surface area contributed by atoms with Crippen LogP contribution in [0.5, 0.6) is 0 Å². The quantitative estimate of drug-likeness (QED) is 0.0236. The van der Waals surface area contributed by atoms with Crippen molar-refractivity contribution in [2.24, 2.45) is 0 Å². The average Bonchev–Trinajstić information content (AvgIpc) is 3.20. The van der Waals surface area contributed by atoms with Gasteiger partial charge in [-0.05, 0) is 70.6 Å². The molecule has 0 bridgehead atoms. The highest BCUT2D eigenvalue weighted by atomic mass is 31.2. The van der Waals surface area contributed by atoms with Gasteiger partial charge in [-0.3, -0.25) is 18.6 Å². The molecule has 11 heteroatoms. The minimum atomic E-state index is -4.64. The summed E-state index contributed by atoms with van der Waals surface area (Å²) >= 11 is 0. The Hall–Kier alpha value is -2.59. The SMILES string of the molecule is CC/C=C\C/C=C\C/C=C\C/C=C\CCC(=O)OC(COC(=O)CCCCCCCCCCC/C=C\C/C=C\CCCCCCC)COP(=O)(O)OCC(O)CO. The van der Waals surface area contributed by atoms with Crippen LogP contribution in [0.2, 0.25) is 0 Å². The molecular weight excluding hydrogens is 743 g/mol. The van der Waals surface area contributed by atoms with Crippen molar-refractivity contribution in [3.05, 3.63) is 72.9 Å². The molecule has 0 aliphatic carbocycles. The Labute approximate surface area is 346 Å². The third-order valence-electron chi connectivity index (χ3n) is 8.86. The molecular formula is C46H79O10P. The number of phosphoric ester groups is 1. The normalized spacial score (nSPS) is 14.5. The Morgan fingerprint density at radius 2 is 1.00 bits per heavy atom. The lowest BCUT2D eigenvalue weighted by molar-refractivity contribution is -0.161. The van der Waals surface area contributed by atoms with E-state index >= 15 is 0 Å². The standard InChI is InChI=1S/C46H79O10P/c1-3-5-7-9-11-13-15-17-18-19-20-21-22-23-24-26-27-29-31-33-35-37-45(49)53-41-44(42-55-57(51,52)54-40-43(48)39-47)56-46(50)38-36-34-32-30-28-25-16-14-12-10-8-6-4-2/h6,8,12,14-15,17,19-20,25,28,32,34,43-44,47-48H,3-5,7,9-11,13,16,18,21-24,26-27,29-31,33,35-42H2,1-2H3,(H,51,52)/b8-6-,14-12-,17-15-,20-19-,28-25-,34-32-. The fraction of sp³-hybridized carbons (Fsp3) is 0.696. The van der Waals surface area contributed by atoms with Crippen LogP contribution < -0.4 is 0 Å². The second-order valence-electron chi connectivity index (χ2n) is 14.3. The smallest absolute Gasteiger partial charge is 0.462 e. The van der Waals surface area contributed by atoms with Gasteiger partial charge in [0.2, 0.25) is 0 Å². The molecule has 10 nitrogen and oxygen atoms in total. The number of aliphatic hydroxyl groups excluding tert-OH is 2. The van der Waals surface area contributed by atoms with Crippen LogP contribution in [0, 0.1) is 0 Å². The van der Waals surface area contributed by atoms with E-state index in [4.69, 9.17) is 19.1 Å². The maximum atomic E-state index is 12.5. The number of unbranched alkanes of at least 4 members (excludes halogenated alkanes) is 14.